The van der Waals surface area contributed by atoms with Crippen LogP contribution in [0.25, 0.3) is 0 Å². The van der Waals surface area contributed by atoms with Crippen LogP contribution in [-0.4, -0.2) is 25.2 Å². The summed E-state index contributed by atoms with van der Waals surface area (Å²) in [6.07, 6.45) is 5.02. The number of fused-ring (bicyclic) bond motifs is 1. The molecule has 2 unspecified atom stereocenters. The summed E-state index contributed by atoms with van der Waals surface area (Å²) in [6.45, 7) is 2.73. The molecule has 1 aromatic carbocycles. The summed E-state index contributed by atoms with van der Waals surface area (Å²) in [5.41, 5.74) is 6.80. The maximum Gasteiger partial charge on any atom is 0.142 e. The first-order valence-electron chi connectivity index (χ1n) is 7.90. The molecule has 2 N–H and O–H groups in total. The topological polar surface area (TPSA) is 62.3 Å². The average Bonchev–Trinajstić information content (AvgIpc) is 2.76. The van der Waals surface area contributed by atoms with Gasteiger partial charge in [-0.05, 0) is 43.7 Å². The second kappa shape index (κ2) is 5.95. The Labute approximate surface area is 126 Å². The fourth-order valence-electron chi connectivity index (χ4n) is 3.59. The molecule has 1 fully saturated rings. The van der Waals surface area contributed by atoms with Crippen LogP contribution in [0.1, 0.15) is 32.1 Å². The lowest BCUT2D eigenvalue weighted by Gasteiger charge is -2.29. The SMILES string of the molecule is N#CC1(N)CCCC1CCN1CCCOc2ccccc21. The minimum absolute atomic E-state index is 0.318. The van der Waals surface area contributed by atoms with Crippen molar-refractivity contribution in [2.24, 2.45) is 11.7 Å². The molecule has 1 aliphatic heterocycles. The lowest BCUT2D eigenvalue weighted by atomic mass is 9.87. The first-order chi connectivity index (χ1) is 10.2. The van der Waals surface area contributed by atoms with Crippen LogP contribution in [0.2, 0.25) is 0 Å². The zero-order valence-electron chi connectivity index (χ0n) is 12.4. The second-order valence-corrected chi connectivity index (χ2v) is 6.19. The average molecular weight is 285 g/mol. The quantitative estimate of drug-likeness (QED) is 0.927. The fourth-order valence-corrected chi connectivity index (χ4v) is 3.59. The zero-order valence-corrected chi connectivity index (χ0v) is 12.4. The number of hydrogen-bond donors (Lipinski definition) is 1. The molecule has 4 nitrogen and oxygen atoms in total. The Morgan fingerprint density at radius 1 is 1.38 bits per heavy atom. The van der Waals surface area contributed by atoms with Gasteiger partial charge in [-0.2, -0.15) is 5.26 Å². The molecule has 3 rings (SSSR count). The van der Waals surface area contributed by atoms with Crippen LogP contribution >= 0.6 is 0 Å². The maximum atomic E-state index is 9.33. The molecular weight excluding hydrogens is 262 g/mol. The number of anilines is 1. The summed E-state index contributed by atoms with van der Waals surface area (Å²) in [5, 5.41) is 9.33. The van der Waals surface area contributed by atoms with Crippen LogP contribution in [0.5, 0.6) is 5.75 Å². The zero-order chi connectivity index (χ0) is 14.7. The molecule has 0 radical (unpaired) electrons. The standard InChI is InChI=1S/C17H23N3O/c18-13-17(19)9-3-5-14(17)8-11-20-10-4-12-21-16-7-2-1-6-15(16)20/h1-2,6-7,14H,3-5,8-12,19H2. The van der Waals surface area contributed by atoms with Crippen molar-refractivity contribution < 1.29 is 4.74 Å². The van der Waals surface area contributed by atoms with Crippen molar-refractivity contribution in [2.45, 2.75) is 37.6 Å². The van der Waals surface area contributed by atoms with Gasteiger partial charge in [0.05, 0.1) is 18.4 Å². The molecule has 1 aromatic rings. The number of ether oxygens (including phenoxy) is 1. The van der Waals surface area contributed by atoms with E-state index in [9.17, 15) is 5.26 Å². The van der Waals surface area contributed by atoms with Crippen LogP contribution < -0.4 is 15.4 Å². The molecule has 0 amide bonds. The second-order valence-electron chi connectivity index (χ2n) is 6.19. The van der Waals surface area contributed by atoms with Gasteiger partial charge >= 0.3 is 0 Å². The van der Waals surface area contributed by atoms with Gasteiger partial charge in [-0.1, -0.05) is 18.6 Å². The van der Waals surface area contributed by atoms with E-state index in [-0.39, 0.29) is 0 Å². The van der Waals surface area contributed by atoms with E-state index in [4.69, 9.17) is 10.5 Å². The minimum Gasteiger partial charge on any atom is -0.491 e. The third-order valence-electron chi connectivity index (χ3n) is 4.86. The Bertz CT molecular complexity index is 539. The summed E-state index contributed by atoms with van der Waals surface area (Å²) in [5.74, 6) is 1.29. The summed E-state index contributed by atoms with van der Waals surface area (Å²) < 4.78 is 5.79. The van der Waals surface area contributed by atoms with E-state index < -0.39 is 5.54 Å². The number of nitriles is 1. The van der Waals surface area contributed by atoms with E-state index in [1.165, 1.54) is 5.69 Å². The Morgan fingerprint density at radius 3 is 3.10 bits per heavy atom. The predicted octanol–water partition coefficient (Wildman–Crippen LogP) is 2.69. The summed E-state index contributed by atoms with van der Waals surface area (Å²) in [7, 11) is 0. The van der Waals surface area contributed by atoms with Gasteiger partial charge in [-0.15, -0.1) is 0 Å². The largest absolute Gasteiger partial charge is 0.491 e. The van der Waals surface area contributed by atoms with Gasteiger partial charge in [0, 0.05) is 13.1 Å². The minimum atomic E-state index is -0.609. The molecular formula is C17H23N3O. The van der Waals surface area contributed by atoms with Crippen LogP contribution in [-0.2, 0) is 0 Å². The number of nitrogens with two attached hydrogens (primary N) is 1. The van der Waals surface area contributed by atoms with Gasteiger partial charge < -0.3 is 15.4 Å². The van der Waals surface area contributed by atoms with Crippen molar-refractivity contribution in [1.82, 2.24) is 0 Å². The van der Waals surface area contributed by atoms with Crippen molar-refractivity contribution >= 4 is 5.69 Å². The molecule has 1 saturated carbocycles. The molecule has 0 bridgehead atoms. The van der Waals surface area contributed by atoms with Crippen LogP contribution in [0.3, 0.4) is 0 Å². The first kappa shape index (κ1) is 14.2. The molecule has 0 spiro atoms. The summed E-state index contributed by atoms with van der Waals surface area (Å²) >= 11 is 0. The van der Waals surface area contributed by atoms with Crippen LogP contribution in [0, 0.1) is 17.2 Å². The number of rotatable bonds is 3. The normalized spacial score (nSPS) is 28.4. The highest BCUT2D eigenvalue weighted by atomic mass is 16.5. The number of nitrogens with zero attached hydrogens (tertiary/aromatic N) is 2. The Morgan fingerprint density at radius 2 is 2.24 bits per heavy atom. The molecule has 2 atom stereocenters. The molecule has 1 heterocycles. The van der Waals surface area contributed by atoms with Crippen LogP contribution in [0.15, 0.2) is 24.3 Å². The van der Waals surface area contributed by atoms with Gasteiger partial charge in [0.25, 0.3) is 0 Å². The molecule has 112 valence electrons. The molecule has 1 aliphatic carbocycles. The lowest BCUT2D eigenvalue weighted by Crippen LogP contribution is -2.43. The Hall–Kier alpha value is -1.73. The molecule has 21 heavy (non-hydrogen) atoms. The van der Waals surface area contributed by atoms with Gasteiger partial charge in [0.2, 0.25) is 0 Å². The molecule has 4 heteroatoms. The van der Waals surface area contributed by atoms with Gasteiger partial charge in [-0.3, -0.25) is 0 Å². The lowest BCUT2D eigenvalue weighted by molar-refractivity contribution is 0.322. The van der Waals surface area contributed by atoms with E-state index in [1.807, 2.05) is 12.1 Å². The third-order valence-corrected chi connectivity index (χ3v) is 4.86. The van der Waals surface area contributed by atoms with Crippen molar-refractivity contribution in [1.29, 1.82) is 5.26 Å². The summed E-state index contributed by atoms with van der Waals surface area (Å²) in [6, 6.07) is 10.6. The van der Waals surface area contributed by atoms with E-state index in [1.54, 1.807) is 0 Å². The first-order valence-corrected chi connectivity index (χ1v) is 7.90. The van der Waals surface area contributed by atoms with Crippen molar-refractivity contribution in [3.8, 4) is 11.8 Å². The molecule has 0 saturated heterocycles. The number of hydrogen-bond acceptors (Lipinski definition) is 4. The van der Waals surface area contributed by atoms with Crippen LogP contribution in [0.4, 0.5) is 5.69 Å². The highest BCUT2D eigenvalue weighted by molar-refractivity contribution is 5.58. The predicted molar refractivity (Wildman–Crippen MR) is 83.3 cm³/mol. The Kier molecular flexibility index (Phi) is 4.03. The highest BCUT2D eigenvalue weighted by Gasteiger charge is 2.39. The number of benzene rings is 1. The Balaban J connectivity index is 1.70. The summed E-state index contributed by atoms with van der Waals surface area (Å²) in [4.78, 5) is 2.39. The van der Waals surface area contributed by atoms with E-state index in [2.05, 4.69) is 23.1 Å². The fraction of sp³-hybridized carbons (Fsp3) is 0.588. The highest BCUT2D eigenvalue weighted by Crippen LogP contribution is 2.37. The van der Waals surface area contributed by atoms with Crippen molar-refractivity contribution in [3.05, 3.63) is 24.3 Å². The third kappa shape index (κ3) is 2.84. The van der Waals surface area contributed by atoms with E-state index in [0.717, 1.165) is 57.6 Å². The molecule has 0 aromatic heterocycles. The monoisotopic (exact) mass is 285 g/mol. The number of para-hydroxylation sites is 2. The van der Waals surface area contributed by atoms with E-state index in [0.29, 0.717) is 5.92 Å². The van der Waals surface area contributed by atoms with E-state index >= 15 is 0 Å². The van der Waals surface area contributed by atoms with Gasteiger partial charge in [0.1, 0.15) is 11.3 Å². The van der Waals surface area contributed by atoms with Crippen molar-refractivity contribution in [2.75, 3.05) is 24.6 Å². The van der Waals surface area contributed by atoms with Gasteiger partial charge in [0.15, 0.2) is 0 Å². The smallest absolute Gasteiger partial charge is 0.142 e. The maximum absolute atomic E-state index is 9.33. The van der Waals surface area contributed by atoms with Crippen molar-refractivity contribution in [3.63, 3.8) is 0 Å². The van der Waals surface area contributed by atoms with Gasteiger partial charge in [-0.25, -0.2) is 0 Å². The molecule has 2 aliphatic rings.